The van der Waals surface area contributed by atoms with Crippen LogP contribution in [0.3, 0.4) is 0 Å². The van der Waals surface area contributed by atoms with Gasteiger partial charge >= 0.3 is 0 Å². The summed E-state index contributed by atoms with van der Waals surface area (Å²) in [5.74, 6) is 1.13. The second-order valence-electron chi connectivity index (χ2n) is 8.55. The molecular formula is C27H27FN4O4S. The minimum Gasteiger partial charge on any atom is -0.493 e. The maximum absolute atomic E-state index is 14.0. The topological polar surface area (TPSA) is 92.3 Å². The number of rotatable bonds is 10. The van der Waals surface area contributed by atoms with E-state index >= 15 is 0 Å². The van der Waals surface area contributed by atoms with E-state index in [2.05, 4.69) is 10.2 Å². The maximum atomic E-state index is 14.0. The second kappa shape index (κ2) is 11.4. The molecule has 0 unspecified atom stereocenters. The molecular weight excluding hydrogens is 495 g/mol. The number of methoxy groups -OCH3 is 1. The fourth-order valence-corrected chi connectivity index (χ4v) is 4.99. The molecule has 0 saturated carbocycles. The van der Waals surface area contributed by atoms with Crippen LogP contribution in [-0.2, 0) is 6.61 Å². The molecule has 37 heavy (non-hydrogen) atoms. The van der Waals surface area contributed by atoms with E-state index in [1.54, 1.807) is 36.4 Å². The van der Waals surface area contributed by atoms with Crippen molar-refractivity contribution in [3.8, 4) is 17.2 Å². The first-order valence-electron chi connectivity index (χ1n) is 11.6. The predicted octanol–water partition coefficient (Wildman–Crippen LogP) is 6.03. The summed E-state index contributed by atoms with van der Waals surface area (Å²) in [7, 11) is 1.49. The summed E-state index contributed by atoms with van der Waals surface area (Å²) >= 11 is 1.26. The Morgan fingerprint density at radius 1 is 1.03 bits per heavy atom. The molecule has 0 spiro atoms. The van der Waals surface area contributed by atoms with Crippen LogP contribution in [-0.4, -0.2) is 33.3 Å². The van der Waals surface area contributed by atoms with Crippen LogP contribution in [0.4, 0.5) is 4.39 Å². The number of thioether (sulfide) groups is 1. The predicted molar refractivity (Wildman–Crippen MR) is 140 cm³/mol. The van der Waals surface area contributed by atoms with Crippen molar-refractivity contribution < 1.29 is 18.8 Å². The van der Waals surface area contributed by atoms with E-state index < -0.39 is 5.25 Å². The Morgan fingerprint density at radius 3 is 2.51 bits per heavy atom. The van der Waals surface area contributed by atoms with E-state index in [1.165, 1.54) is 30.5 Å². The Hall–Kier alpha value is -3.92. The lowest BCUT2D eigenvalue weighted by molar-refractivity contribution is -0.479. The Bertz CT molecular complexity index is 1430. The van der Waals surface area contributed by atoms with Crippen LogP contribution in [0.2, 0.25) is 0 Å². The number of hydrogen-bond donors (Lipinski definition) is 0. The number of ether oxygens (including phenoxy) is 2. The molecule has 0 aliphatic rings. The summed E-state index contributed by atoms with van der Waals surface area (Å²) in [6.07, 6.45) is 0. The lowest BCUT2D eigenvalue weighted by Crippen LogP contribution is -2.11. The van der Waals surface area contributed by atoms with Gasteiger partial charge in [-0.15, -0.1) is 10.2 Å². The first-order chi connectivity index (χ1) is 17.8. The van der Waals surface area contributed by atoms with Gasteiger partial charge in [-0.25, -0.2) is 4.39 Å². The van der Waals surface area contributed by atoms with Crippen LogP contribution in [0.1, 0.15) is 33.3 Å². The zero-order valence-corrected chi connectivity index (χ0v) is 21.8. The summed E-state index contributed by atoms with van der Waals surface area (Å²) in [4.78, 5) is 11.2. The SMILES string of the molecule is COc1cc([C@H](C[N+](=O)[O-])Sc2nnc(C)n2-c2ccc(C)c(C)c2)ccc1OCc1ccccc1F. The van der Waals surface area contributed by atoms with Gasteiger partial charge in [-0.05, 0) is 67.8 Å². The molecule has 1 aromatic heterocycles. The Kier molecular flexibility index (Phi) is 8.08. The van der Waals surface area contributed by atoms with Gasteiger partial charge < -0.3 is 9.47 Å². The molecule has 0 fully saturated rings. The van der Waals surface area contributed by atoms with E-state index in [9.17, 15) is 14.5 Å². The van der Waals surface area contributed by atoms with Crippen LogP contribution in [0, 0.1) is 36.7 Å². The van der Waals surface area contributed by atoms with E-state index in [4.69, 9.17) is 9.47 Å². The molecule has 0 radical (unpaired) electrons. The Balaban J connectivity index is 1.62. The van der Waals surface area contributed by atoms with Gasteiger partial charge in [0, 0.05) is 16.2 Å². The molecule has 0 bridgehead atoms. The van der Waals surface area contributed by atoms with E-state index in [1.807, 2.05) is 43.5 Å². The van der Waals surface area contributed by atoms with Crippen LogP contribution in [0.15, 0.2) is 65.8 Å². The molecule has 192 valence electrons. The number of aryl methyl sites for hydroxylation is 3. The minimum atomic E-state index is -0.571. The highest BCUT2D eigenvalue weighted by Crippen LogP contribution is 2.39. The fraction of sp³-hybridized carbons (Fsp3) is 0.259. The number of halogens is 1. The van der Waals surface area contributed by atoms with E-state index in [0.29, 0.717) is 33.6 Å². The quantitative estimate of drug-likeness (QED) is 0.143. The van der Waals surface area contributed by atoms with E-state index in [0.717, 1.165) is 11.3 Å². The molecule has 0 aliphatic heterocycles. The van der Waals surface area contributed by atoms with Crippen molar-refractivity contribution in [2.75, 3.05) is 13.7 Å². The van der Waals surface area contributed by atoms with Crippen molar-refractivity contribution >= 4 is 11.8 Å². The molecule has 0 aliphatic carbocycles. The molecule has 3 aromatic carbocycles. The molecule has 8 nitrogen and oxygen atoms in total. The average molecular weight is 523 g/mol. The van der Waals surface area contributed by atoms with Crippen molar-refractivity contribution in [2.45, 2.75) is 37.8 Å². The van der Waals surface area contributed by atoms with Crippen LogP contribution in [0.5, 0.6) is 11.5 Å². The third-order valence-corrected chi connectivity index (χ3v) is 7.19. The third-order valence-electron chi connectivity index (χ3n) is 6.01. The zero-order chi connectivity index (χ0) is 26.5. The minimum absolute atomic E-state index is 0.0216. The van der Waals surface area contributed by atoms with Crippen molar-refractivity contribution in [2.24, 2.45) is 0 Å². The molecule has 1 heterocycles. The summed E-state index contributed by atoms with van der Waals surface area (Å²) < 4.78 is 27.2. The fourth-order valence-electron chi connectivity index (χ4n) is 3.83. The highest BCUT2D eigenvalue weighted by molar-refractivity contribution is 7.99. The highest BCUT2D eigenvalue weighted by atomic mass is 32.2. The zero-order valence-electron chi connectivity index (χ0n) is 21.0. The van der Waals surface area contributed by atoms with Crippen molar-refractivity contribution in [1.29, 1.82) is 0 Å². The molecule has 0 N–H and O–H groups in total. The van der Waals surface area contributed by atoms with Crippen molar-refractivity contribution in [1.82, 2.24) is 14.8 Å². The van der Waals surface area contributed by atoms with Crippen LogP contribution < -0.4 is 9.47 Å². The summed E-state index contributed by atoms with van der Waals surface area (Å²) in [5.41, 5.74) is 4.27. The lowest BCUT2D eigenvalue weighted by Gasteiger charge is -2.17. The van der Waals surface area contributed by atoms with Gasteiger partial charge in [-0.1, -0.05) is 42.1 Å². The number of nitro groups is 1. The Labute approximate surface area is 218 Å². The van der Waals surface area contributed by atoms with Gasteiger partial charge in [0.25, 0.3) is 0 Å². The standard InChI is InChI=1S/C27H27FN4O4S/c1-17-9-11-22(13-18(17)2)32-19(3)29-30-27(32)37-26(15-31(33)34)20-10-12-24(25(14-20)35-4)36-16-21-7-5-6-8-23(21)28/h5-14,26H,15-16H2,1-4H3/t26-/m0/s1. The van der Waals surface area contributed by atoms with Gasteiger partial charge in [-0.3, -0.25) is 14.7 Å². The van der Waals surface area contributed by atoms with Crippen LogP contribution in [0.25, 0.3) is 5.69 Å². The summed E-state index contributed by atoms with van der Waals surface area (Å²) in [6, 6.07) is 17.6. The summed E-state index contributed by atoms with van der Waals surface area (Å²) in [5, 5.41) is 20.1. The smallest absolute Gasteiger partial charge is 0.220 e. The largest absolute Gasteiger partial charge is 0.493 e. The molecule has 4 aromatic rings. The number of benzene rings is 3. The summed E-state index contributed by atoms with van der Waals surface area (Å²) in [6.45, 7) is 5.61. The monoisotopic (exact) mass is 522 g/mol. The van der Waals surface area contributed by atoms with E-state index in [-0.39, 0.29) is 23.9 Å². The lowest BCUT2D eigenvalue weighted by atomic mass is 10.1. The van der Waals surface area contributed by atoms with Crippen molar-refractivity contribution in [3.63, 3.8) is 0 Å². The van der Waals surface area contributed by atoms with Gasteiger partial charge in [-0.2, -0.15) is 0 Å². The van der Waals surface area contributed by atoms with Gasteiger partial charge in [0.05, 0.1) is 7.11 Å². The van der Waals surface area contributed by atoms with Gasteiger partial charge in [0.15, 0.2) is 16.7 Å². The average Bonchev–Trinajstić information content (AvgIpc) is 3.24. The Morgan fingerprint density at radius 2 is 1.81 bits per heavy atom. The number of nitrogens with zero attached hydrogens (tertiary/aromatic N) is 4. The second-order valence-corrected chi connectivity index (χ2v) is 9.72. The van der Waals surface area contributed by atoms with Gasteiger partial charge in [0.2, 0.25) is 6.54 Å². The third kappa shape index (κ3) is 6.08. The maximum Gasteiger partial charge on any atom is 0.220 e. The first-order valence-corrected chi connectivity index (χ1v) is 12.5. The highest BCUT2D eigenvalue weighted by Gasteiger charge is 2.25. The van der Waals surface area contributed by atoms with Gasteiger partial charge in [0.1, 0.15) is 23.5 Å². The molecule has 0 amide bonds. The number of aromatic nitrogens is 3. The molecule has 4 rings (SSSR count). The normalized spacial score (nSPS) is 11.8. The molecule has 0 saturated heterocycles. The first kappa shape index (κ1) is 26.2. The van der Waals surface area contributed by atoms with Crippen LogP contribution >= 0.6 is 11.8 Å². The van der Waals surface area contributed by atoms with Crippen molar-refractivity contribution in [3.05, 3.63) is 105 Å². The molecule has 1 atom stereocenters. The molecule has 10 heteroatoms. The number of hydrogen-bond acceptors (Lipinski definition) is 7.